The highest BCUT2D eigenvalue weighted by atomic mass is 32.2. The third kappa shape index (κ3) is 24.8. The van der Waals surface area contributed by atoms with Crippen molar-refractivity contribution >= 4 is 116 Å². The van der Waals surface area contributed by atoms with Crippen molar-refractivity contribution in [2.45, 2.75) is 186 Å². The number of aromatic hydroxyl groups is 1. The van der Waals surface area contributed by atoms with Crippen LogP contribution in [0.5, 0.6) is 5.75 Å². The van der Waals surface area contributed by atoms with Crippen LogP contribution in [0.25, 0.3) is 21.8 Å². The number of carboxylic acid groups (broad SMARTS) is 1. The molecule has 0 saturated carbocycles. The van der Waals surface area contributed by atoms with Crippen molar-refractivity contribution in [2.75, 3.05) is 30.2 Å². The maximum Gasteiger partial charge on any atom is 0.305 e. The molecule has 8 amide bonds. The molecule has 1 aliphatic rings. The molecule has 1 aliphatic heterocycles. The van der Waals surface area contributed by atoms with Gasteiger partial charge in [0.2, 0.25) is 47.3 Å². The Hall–Kier alpha value is -9.47. The molecule has 6 aromatic rings. The Morgan fingerprint density at radius 2 is 1.12 bits per heavy atom. The van der Waals surface area contributed by atoms with E-state index < -0.39 is 168 Å². The standard InChI is InChI=1S/C74H101N15O15S2/c1-38(2)23-55-69(99)79-33-62(93)82-57(25-44-19-21-48(92)22-20-44)70(100)87-56(24-39(3)4)73(103)89-64(40(5)6)74(104)84-54(26-45-30-77-51-17-13-11-15-49(45)51)67(97)61(83-65(42(8)90)43(9)91)35-106-37-105-34-60(66(96)53(75-10)29-63(94)95)81-41(7)68(98)85-58(27-46-31-78-52-18-14-12-16-50(46)52)71(101)88-59(72(102)86-55)28-47-32-76-36-80-47/h11-22,30-32,36,38-42,53-61,64-65,75,77-78,81,83,90,92H,23-29,33-35,37H2,1-10H3,(H,76,80)(H,79,99)(H,82,93)(H,84,104)(H,85,98)(H,86,102)(H,87,100)(H,88,101)(H,89,103)(H,94,95)/t41-,42+,53-,54-,55-,56-,57-,58-,59-,60?,61?,64-,65-/m0/s1. The van der Waals surface area contributed by atoms with Crippen LogP contribution in [-0.4, -0.2) is 215 Å². The van der Waals surface area contributed by atoms with E-state index in [2.05, 4.69) is 78.4 Å². The monoisotopic (exact) mass is 1500 g/mol. The molecule has 13 atom stereocenters. The van der Waals surface area contributed by atoms with Crippen LogP contribution >= 0.6 is 23.5 Å². The number of likely N-dealkylation sites (N-methyl/N-ethyl adjacent to an activating group) is 1. The van der Waals surface area contributed by atoms with E-state index >= 15 is 14.4 Å². The van der Waals surface area contributed by atoms with Gasteiger partial charge in [0, 0.05) is 88.4 Å². The Morgan fingerprint density at radius 3 is 1.66 bits per heavy atom. The van der Waals surface area contributed by atoms with Gasteiger partial charge in [-0.2, -0.15) is 0 Å². The molecular formula is C74H101N15O15S2. The van der Waals surface area contributed by atoms with E-state index in [1.54, 1.807) is 52.2 Å². The predicted molar refractivity (Wildman–Crippen MR) is 403 cm³/mol. The molecule has 4 heterocycles. The van der Waals surface area contributed by atoms with E-state index in [4.69, 9.17) is 0 Å². The lowest BCUT2D eigenvalue weighted by atomic mass is 9.95. The quantitative estimate of drug-likeness (QED) is 0.0461. The van der Waals surface area contributed by atoms with Crippen molar-refractivity contribution in [3.05, 3.63) is 120 Å². The number of Topliss-reactive ketones (excluding diaryl/α,β-unsaturated/α-hetero) is 3. The minimum atomic E-state index is -1.46. The predicted octanol–water partition coefficient (Wildman–Crippen LogP) is 1.89. The second-order valence-electron chi connectivity index (χ2n) is 28.0. The van der Waals surface area contributed by atoms with Crippen LogP contribution in [-0.2, 0) is 83.2 Å². The van der Waals surface area contributed by atoms with Crippen LogP contribution in [0, 0.1) is 17.8 Å². The van der Waals surface area contributed by atoms with Crippen molar-refractivity contribution in [1.82, 2.24) is 78.4 Å². The molecule has 574 valence electrons. The van der Waals surface area contributed by atoms with E-state index in [-0.39, 0.29) is 72.7 Å². The highest BCUT2D eigenvalue weighted by Gasteiger charge is 2.39. The van der Waals surface area contributed by atoms with Crippen LogP contribution in [0.2, 0.25) is 0 Å². The number of aliphatic hydroxyl groups excluding tert-OH is 1. The first-order chi connectivity index (χ1) is 50.4. The zero-order valence-corrected chi connectivity index (χ0v) is 62.9. The lowest BCUT2D eigenvalue weighted by Gasteiger charge is -2.31. The Morgan fingerprint density at radius 1 is 0.604 bits per heavy atom. The van der Waals surface area contributed by atoms with Crippen molar-refractivity contribution in [3.8, 4) is 5.75 Å². The lowest BCUT2D eigenvalue weighted by molar-refractivity contribution is -0.140. The molecule has 2 unspecified atom stereocenters. The summed E-state index contributed by atoms with van der Waals surface area (Å²) in [6, 6.07) is 4.28. The van der Waals surface area contributed by atoms with Gasteiger partial charge in [0.15, 0.2) is 11.6 Å². The third-order valence-electron chi connectivity index (χ3n) is 18.1. The van der Waals surface area contributed by atoms with Crippen LogP contribution in [0.1, 0.15) is 104 Å². The Kier molecular flexibility index (Phi) is 31.9. The zero-order chi connectivity index (χ0) is 77.5. The van der Waals surface area contributed by atoms with Crippen molar-refractivity contribution in [1.29, 1.82) is 0 Å². The first-order valence-corrected chi connectivity index (χ1v) is 37.8. The molecule has 106 heavy (non-hydrogen) atoms. The van der Waals surface area contributed by atoms with E-state index in [0.717, 1.165) is 10.9 Å². The summed E-state index contributed by atoms with van der Waals surface area (Å²) >= 11 is 2.37. The second-order valence-corrected chi connectivity index (χ2v) is 30.4. The number of nitrogens with zero attached hydrogens (tertiary/aromatic N) is 1. The number of thioether (sulfide) groups is 2. The van der Waals surface area contributed by atoms with Gasteiger partial charge in [0.1, 0.15) is 47.8 Å². The zero-order valence-electron chi connectivity index (χ0n) is 61.3. The number of carbonyl (C=O) groups excluding carboxylic acids is 11. The largest absolute Gasteiger partial charge is 0.508 e. The van der Waals surface area contributed by atoms with E-state index in [0.29, 0.717) is 33.3 Å². The number of nitrogens with one attached hydrogen (secondary N) is 14. The van der Waals surface area contributed by atoms with Gasteiger partial charge in [-0.15, -0.1) is 23.5 Å². The SMILES string of the molecule is CN[C@@H](CC(=O)O)C(=O)C1CSCSCC(N[C@H](C(C)=O)[C@@H](C)O)C(=O)[C@H](Cc2c[nH]c3ccccc23)NC(=O)[C@H](C(C)C)NC(=O)[C@H](CC(C)C)NC(=O)[C@H](Cc2ccc(O)cc2)NC(=O)CNC(=O)[C@H](CC(C)C)NC(=O)[C@H](Cc2cnc[nH]2)NC(=O)[C@H](Cc2c[nH]c3ccccc23)NC(=O)[C@H](C)N1. The van der Waals surface area contributed by atoms with Crippen LogP contribution in [0.3, 0.4) is 0 Å². The van der Waals surface area contributed by atoms with Gasteiger partial charge in [0.05, 0.1) is 61.6 Å². The van der Waals surface area contributed by atoms with E-state index in [9.17, 15) is 58.5 Å². The van der Waals surface area contributed by atoms with Gasteiger partial charge in [-0.1, -0.05) is 90.1 Å². The number of aromatic amines is 3. The molecule has 0 bridgehead atoms. The Labute approximate surface area is 623 Å². The van der Waals surface area contributed by atoms with Crippen LogP contribution in [0.15, 0.2) is 97.7 Å². The lowest BCUT2D eigenvalue weighted by Crippen LogP contribution is -2.61. The van der Waals surface area contributed by atoms with Crippen LogP contribution in [0.4, 0.5) is 0 Å². The smallest absolute Gasteiger partial charge is 0.305 e. The van der Waals surface area contributed by atoms with E-state index in [1.807, 2.05) is 50.2 Å². The summed E-state index contributed by atoms with van der Waals surface area (Å²) in [6.45, 7) is 13.9. The van der Waals surface area contributed by atoms with Gasteiger partial charge >= 0.3 is 5.97 Å². The summed E-state index contributed by atoms with van der Waals surface area (Å²) in [5.41, 5.74) is 3.52. The fraction of sp³-hybridized carbons (Fsp3) is 0.500. The summed E-state index contributed by atoms with van der Waals surface area (Å²) in [6.07, 6.45) is 3.62. The van der Waals surface area contributed by atoms with Gasteiger partial charge in [-0.05, 0) is 99.4 Å². The molecule has 7 rings (SSSR count). The number of amides is 8. The van der Waals surface area contributed by atoms with Gasteiger partial charge in [-0.25, -0.2) is 4.98 Å². The topological polar surface area (TPSA) is 458 Å². The summed E-state index contributed by atoms with van der Waals surface area (Å²) in [5, 5.41) is 63.7. The van der Waals surface area contributed by atoms with Crippen molar-refractivity contribution in [3.63, 3.8) is 0 Å². The summed E-state index contributed by atoms with van der Waals surface area (Å²) < 4.78 is 0. The molecule has 1 saturated heterocycles. The van der Waals surface area contributed by atoms with Gasteiger partial charge in [0.25, 0.3) is 0 Å². The number of carboxylic acids is 1. The third-order valence-corrected chi connectivity index (χ3v) is 20.6. The highest BCUT2D eigenvalue weighted by Crippen LogP contribution is 2.25. The average molecular weight is 1500 g/mol. The summed E-state index contributed by atoms with van der Waals surface area (Å²) in [7, 11) is 1.41. The molecule has 1 fully saturated rings. The number of hydrogen-bond donors (Lipinski definition) is 17. The molecule has 3 aromatic heterocycles. The number of aromatic nitrogens is 4. The summed E-state index contributed by atoms with van der Waals surface area (Å²) in [5.74, 6) is -11.0. The number of phenolic OH excluding ortho intramolecular Hbond substituents is 1. The van der Waals surface area contributed by atoms with Gasteiger partial charge < -0.3 is 78.1 Å². The number of benzene rings is 3. The average Bonchev–Trinajstić information content (AvgIpc) is 1.61. The van der Waals surface area contributed by atoms with E-state index in [1.165, 1.54) is 88.1 Å². The fourth-order valence-corrected chi connectivity index (χ4v) is 14.7. The number of fused-ring (bicyclic) bond motifs is 2. The second kappa shape index (κ2) is 40.3. The highest BCUT2D eigenvalue weighted by molar-refractivity contribution is 8.16. The minimum absolute atomic E-state index is 0.0246. The number of carbonyl (C=O) groups is 12. The molecule has 0 spiro atoms. The first kappa shape index (κ1) is 83.8. The molecule has 17 N–H and O–H groups in total. The molecule has 0 aliphatic carbocycles. The Bertz CT molecular complexity index is 4010. The van der Waals surface area contributed by atoms with Gasteiger partial charge in [-0.3, -0.25) is 68.2 Å². The summed E-state index contributed by atoms with van der Waals surface area (Å²) in [4.78, 5) is 187. The van der Waals surface area contributed by atoms with Crippen molar-refractivity contribution < 1.29 is 72.9 Å². The number of imidazole rings is 1. The number of hydrogen-bond acceptors (Lipinski definition) is 20. The minimum Gasteiger partial charge on any atom is -0.508 e. The Balaban J connectivity index is 1.30. The number of para-hydroxylation sites is 2. The first-order valence-electron chi connectivity index (χ1n) is 35.5. The molecular weight excluding hydrogens is 1400 g/mol. The number of H-pyrrole nitrogens is 3. The number of aliphatic carboxylic acids is 1. The number of aliphatic hydroxyl groups is 1. The molecule has 0 radical (unpaired) electrons. The van der Waals surface area contributed by atoms with Crippen molar-refractivity contribution in [2.24, 2.45) is 17.8 Å². The number of rotatable bonds is 22. The molecule has 32 heteroatoms. The molecule has 30 nitrogen and oxygen atoms in total. The van der Waals surface area contributed by atoms with Crippen LogP contribution < -0.4 is 58.5 Å². The number of ketones is 3. The molecule has 3 aromatic carbocycles. The normalized spacial score (nSPS) is 23.5. The fourth-order valence-electron chi connectivity index (χ4n) is 12.5. The maximum atomic E-state index is 15.6. The maximum absolute atomic E-state index is 15.6. The number of phenols is 1.